The second-order valence-corrected chi connectivity index (χ2v) is 6.28. The Balaban J connectivity index is 2.13. The first-order valence-electron chi connectivity index (χ1n) is 6.71. The first kappa shape index (κ1) is 17.0. The van der Waals surface area contributed by atoms with E-state index in [9.17, 15) is 14.9 Å². The molecule has 0 fully saturated rings. The number of hydrogen-bond donors (Lipinski definition) is 1. The molecule has 2 aromatic heterocycles. The third kappa shape index (κ3) is 4.09. The third-order valence-corrected chi connectivity index (χ3v) is 4.69. The topological polar surface area (TPSA) is 102 Å². The maximum atomic E-state index is 11.9. The van der Waals surface area contributed by atoms with Gasteiger partial charge in [0.05, 0.1) is 18.6 Å². The van der Waals surface area contributed by atoms with Gasteiger partial charge in [0.25, 0.3) is 0 Å². The van der Waals surface area contributed by atoms with Crippen LogP contribution in [0.2, 0.25) is 0 Å². The number of nitrogens with two attached hydrogens (primary N) is 1. The predicted octanol–water partition coefficient (Wildman–Crippen LogP) is 2.73. The van der Waals surface area contributed by atoms with Crippen LogP contribution in [0.5, 0.6) is 0 Å². The molecule has 0 amide bonds. The number of esters is 2. The van der Waals surface area contributed by atoms with Crippen LogP contribution in [0, 0.1) is 11.3 Å². The van der Waals surface area contributed by atoms with Crippen LogP contribution >= 0.6 is 22.7 Å². The van der Waals surface area contributed by atoms with E-state index >= 15 is 0 Å². The van der Waals surface area contributed by atoms with Gasteiger partial charge in [0, 0.05) is 5.56 Å². The van der Waals surface area contributed by atoms with Crippen molar-refractivity contribution in [1.82, 2.24) is 0 Å². The lowest BCUT2D eigenvalue weighted by Gasteiger charge is -2.06. The van der Waals surface area contributed by atoms with Gasteiger partial charge in [-0.25, -0.2) is 4.79 Å². The van der Waals surface area contributed by atoms with E-state index in [0.717, 1.165) is 16.9 Å². The number of carbonyl (C=O) groups is 2. The summed E-state index contributed by atoms with van der Waals surface area (Å²) in [5, 5.41) is 13.1. The Morgan fingerprint density at radius 3 is 2.78 bits per heavy atom. The molecule has 0 atom stereocenters. The molecule has 0 aliphatic heterocycles. The monoisotopic (exact) mass is 350 g/mol. The van der Waals surface area contributed by atoms with Gasteiger partial charge in [-0.2, -0.15) is 16.6 Å². The quantitative estimate of drug-likeness (QED) is 0.804. The normalized spacial score (nSPS) is 10.1. The lowest BCUT2D eigenvalue weighted by Crippen LogP contribution is -2.11. The molecule has 2 N–H and O–H groups in total. The van der Waals surface area contributed by atoms with Crippen LogP contribution in [-0.4, -0.2) is 18.5 Å². The van der Waals surface area contributed by atoms with Crippen LogP contribution in [0.15, 0.2) is 16.8 Å². The molecule has 2 heterocycles. The molecule has 0 spiro atoms. The molecule has 0 bridgehead atoms. The molecule has 8 heteroatoms. The summed E-state index contributed by atoms with van der Waals surface area (Å²) in [5.74, 6) is -1.01. The standard InChI is InChI=1S/C15H14N2O4S2/c1-2-20-15(19)13-11(10(6-16)14(17)23-13)7-21-12(18)5-9-3-4-22-8-9/h3-4,8H,2,5,7,17H2,1H3. The molecule has 0 aliphatic rings. The first-order valence-corrected chi connectivity index (χ1v) is 8.47. The summed E-state index contributed by atoms with van der Waals surface area (Å²) in [5.41, 5.74) is 7.06. The largest absolute Gasteiger partial charge is 0.462 e. The van der Waals surface area contributed by atoms with Crippen molar-refractivity contribution in [3.63, 3.8) is 0 Å². The highest BCUT2D eigenvalue weighted by atomic mass is 32.1. The summed E-state index contributed by atoms with van der Waals surface area (Å²) in [6.07, 6.45) is 0.139. The van der Waals surface area contributed by atoms with Crippen LogP contribution in [0.3, 0.4) is 0 Å². The van der Waals surface area contributed by atoms with Crippen molar-refractivity contribution in [2.24, 2.45) is 0 Å². The summed E-state index contributed by atoms with van der Waals surface area (Å²) in [6.45, 7) is 1.70. The molecular formula is C15H14N2O4S2. The molecule has 23 heavy (non-hydrogen) atoms. The van der Waals surface area contributed by atoms with Crippen molar-refractivity contribution in [1.29, 1.82) is 5.26 Å². The number of anilines is 1. The van der Waals surface area contributed by atoms with Gasteiger partial charge >= 0.3 is 11.9 Å². The van der Waals surface area contributed by atoms with Crippen molar-refractivity contribution in [3.8, 4) is 6.07 Å². The molecule has 6 nitrogen and oxygen atoms in total. The summed E-state index contributed by atoms with van der Waals surface area (Å²) < 4.78 is 10.1. The Morgan fingerprint density at radius 2 is 2.17 bits per heavy atom. The van der Waals surface area contributed by atoms with E-state index in [2.05, 4.69) is 0 Å². The highest BCUT2D eigenvalue weighted by molar-refractivity contribution is 7.18. The van der Waals surface area contributed by atoms with E-state index in [1.807, 2.05) is 22.9 Å². The van der Waals surface area contributed by atoms with Crippen LogP contribution in [0.25, 0.3) is 0 Å². The fourth-order valence-electron chi connectivity index (χ4n) is 1.87. The average molecular weight is 350 g/mol. The highest BCUT2D eigenvalue weighted by Gasteiger charge is 2.23. The zero-order valence-electron chi connectivity index (χ0n) is 12.3. The Kier molecular flexibility index (Phi) is 5.73. The van der Waals surface area contributed by atoms with Gasteiger partial charge < -0.3 is 15.2 Å². The van der Waals surface area contributed by atoms with Crippen LogP contribution < -0.4 is 5.73 Å². The second-order valence-electron chi connectivity index (χ2n) is 4.45. The molecule has 120 valence electrons. The number of thiophene rings is 2. The molecule has 0 aliphatic carbocycles. The van der Waals surface area contributed by atoms with Gasteiger partial charge in [-0.1, -0.05) is 0 Å². The molecule has 0 saturated heterocycles. The van der Waals surface area contributed by atoms with Gasteiger partial charge in [0.1, 0.15) is 22.6 Å². The number of nitrogens with zero attached hydrogens (tertiary/aromatic N) is 1. The third-order valence-electron chi connectivity index (χ3n) is 2.91. The Hall–Kier alpha value is -2.37. The van der Waals surface area contributed by atoms with Gasteiger partial charge in [-0.15, -0.1) is 11.3 Å². The summed E-state index contributed by atoms with van der Waals surface area (Å²) in [6, 6.07) is 3.77. The minimum absolute atomic E-state index is 0.139. The molecule has 0 radical (unpaired) electrons. The lowest BCUT2D eigenvalue weighted by atomic mass is 10.1. The second kappa shape index (κ2) is 7.76. The Bertz CT molecular complexity index is 744. The van der Waals surface area contributed by atoms with Gasteiger partial charge in [0.2, 0.25) is 0 Å². The minimum atomic E-state index is -0.574. The summed E-state index contributed by atoms with van der Waals surface area (Å²) >= 11 is 2.45. The van der Waals surface area contributed by atoms with E-state index in [4.69, 9.17) is 15.2 Å². The SMILES string of the molecule is CCOC(=O)c1sc(N)c(C#N)c1COC(=O)Cc1ccsc1. The molecule has 0 unspecified atom stereocenters. The number of ether oxygens (including phenoxy) is 2. The van der Waals surface area contributed by atoms with Crippen LogP contribution in [0.4, 0.5) is 5.00 Å². The molecule has 2 aromatic rings. The molecule has 2 rings (SSSR count). The highest BCUT2D eigenvalue weighted by Crippen LogP contribution is 2.31. The van der Waals surface area contributed by atoms with E-state index in [-0.39, 0.29) is 35.1 Å². The van der Waals surface area contributed by atoms with Crippen LogP contribution in [0.1, 0.15) is 33.3 Å². The first-order chi connectivity index (χ1) is 11.1. The van der Waals surface area contributed by atoms with Crippen molar-refractivity contribution in [2.45, 2.75) is 20.0 Å². The van der Waals surface area contributed by atoms with Crippen molar-refractivity contribution in [3.05, 3.63) is 38.4 Å². The van der Waals surface area contributed by atoms with E-state index in [1.54, 1.807) is 6.92 Å². The Labute approximate surface area is 141 Å². The smallest absolute Gasteiger partial charge is 0.348 e. The maximum absolute atomic E-state index is 11.9. The van der Waals surface area contributed by atoms with E-state index < -0.39 is 11.9 Å². The molecule has 0 aromatic carbocycles. The van der Waals surface area contributed by atoms with Gasteiger partial charge in [-0.3, -0.25) is 4.79 Å². The maximum Gasteiger partial charge on any atom is 0.348 e. The van der Waals surface area contributed by atoms with Gasteiger partial charge in [0.15, 0.2) is 0 Å². The van der Waals surface area contributed by atoms with Crippen LogP contribution in [-0.2, 0) is 27.3 Å². The fourth-order valence-corrected chi connectivity index (χ4v) is 3.46. The lowest BCUT2D eigenvalue weighted by molar-refractivity contribution is -0.144. The van der Waals surface area contributed by atoms with E-state index in [1.165, 1.54) is 11.3 Å². The Morgan fingerprint density at radius 1 is 1.39 bits per heavy atom. The predicted molar refractivity (Wildman–Crippen MR) is 87.2 cm³/mol. The zero-order chi connectivity index (χ0) is 16.8. The van der Waals surface area contributed by atoms with Crippen molar-refractivity contribution >= 4 is 39.6 Å². The number of hydrogen-bond acceptors (Lipinski definition) is 8. The zero-order valence-corrected chi connectivity index (χ0v) is 14.0. The van der Waals surface area contributed by atoms with Crippen molar-refractivity contribution in [2.75, 3.05) is 12.3 Å². The minimum Gasteiger partial charge on any atom is -0.462 e. The number of nitrogen functional groups attached to an aromatic ring is 1. The summed E-state index contributed by atoms with van der Waals surface area (Å²) in [7, 11) is 0. The summed E-state index contributed by atoms with van der Waals surface area (Å²) in [4.78, 5) is 24.0. The molecule has 0 saturated carbocycles. The number of rotatable bonds is 6. The van der Waals surface area contributed by atoms with E-state index in [0.29, 0.717) is 5.56 Å². The number of carbonyl (C=O) groups excluding carboxylic acids is 2. The number of nitriles is 1. The molecular weight excluding hydrogens is 336 g/mol. The van der Waals surface area contributed by atoms with Gasteiger partial charge in [-0.05, 0) is 29.3 Å². The van der Waals surface area contributed by atoms with Crippen molar-refractivity contribution < 1.29 is 19.1 Å². The average Bonchev–Trinajstić information content (AvgIpc) is 3.12. The fraction of sp³-hybridized carbons (Fsp3) is 0.267.